The van der Waals surface area contributed by atoms with Gasteiger partial charge in [-0.05, 0) is 19.1 Å². The van der Waals surface area contributed by atoms with Gasteiger partial charge in [0.2, 0.25) is 0 Å². The number of carbonyl (C=O) groups is 1. The molecule has 0 bridgehead atoms. The molecular formula is C9H13ClN2O2. The minimum atomic E-state index is -0.447. The van der Waals surface area contributed by atoms with Crippen LogP contribution in [0.5, 0.6) is 0 Å². The number of hydrazine groups is 1. The summed E-state index contributed by atoms with van der Waals surface area (Å²) in [6, 6.07) is -0.253. The summed E-state index contributed by atoms with van der Waals surface area (Å²) in [6.45, 7) is 2.11. The van der Waals surface area contributed by atoms with Gasteiger partial charge < -0.3 is 4.74 Å². The summed E-state index contributed by atoms with van der Waals surface area (Å²) in [7, 11) is 0. The van der Waals surface area contributed by atoms with E-state index in [1.165, 1.54) is 0 Å². The van der Waals surface area contributed by atoms with Gasteiger partial charge in [-0.3, -0.25) is 16.1 Å². The molecule has 0 fully saturated rings. The fraction of sp³-hybridized carbons (Fsp3) is 0.444. The molecule has 4 nitrogen and oxygen atoms in total. The number of allylic oxidation sites excluding steroid dienone is 2. The predicted molar refractivity (Wildman–Crippen MR) is 54.3 cm³/mol. The van der Waals surface area contributed by atoms with E-state index in [4.69, 9.17) is 22.2 Å². The average Bonchev–Trinajstić information content (AvgIpc) is 2.18. The second-order valence-electron chi connectivity index (χ2n) is 2.88. The molecule has 0 spiro atoms. The second kappa shape index (κ2) is 5.14. The highest BCUT2D eigenvalue weighted by molar-refractivity contribution is 6.31. The molecule has 1 aliphatic carbocycles. The Morgan fingerprint density at radius 3 is 3.07 bits per heavy atom. The predicted octanol–water partition coefficient (Wildman–Crippen LogP) is 0.690. The van der Waals surface area contributed by atoms with Crippen molar-refractivity contribution in [2.24, 2.45) is 11.8 Å². The first-order valence-corrected chi connectivity index (χ1v) is 4.75. The molecule has 1 aliphatic rings. The molecule has 0 heterocycles. The molecular weight excluding hydrogens is 204 g/mol. The summed E-state index contributed by atoms with van der Waals surface area (Å²) in [4.78, 5) is 11.5. The monoisotopic (exact) mass is 216 g/mol. The number of halogens is 1. The Balaban J connectivity index is 2.73. The van der Waals surface area contributed by atoms with E-state index in [2.05, 4.69) is 5.43 Å². The number of nitrogens with one attached hydrogen (secondary N) is 1. The van der Waals surface area contributed by atoms with E-state index in [9.17, 15) is 4.79 Å². The maximum absolute atomic E-state index is 11.5. The van der Waals surface area contributed by atoms with Crippen LogP contribution in [-0.4, -0.2) is 18.6 Å². The highest BCUT2D eigenvalue weighted by atomic mass is 35.5. The Hall–Kier alpha value is -0.840. The standard InChI is InChI=1S/C9H13ClN2O2/c1-2-14-9(13)7-5-6(10)3-4-8(7)12-11/h3-5,7-8,12H,2,11H2,1H3. The van der Waals surface area contributed by atoms with Gasteiger partial charge in [0.15, 0.2) is 0 Å². The van der Waals surface area contributed by atoms with Crippen LogP contribution in [-0.2, 0) is 9.53 Å². The van der Waals surface area contributed by atoms with E-state index in [0.29, 0.717) is 11.6 Å². The van der Waals surface area contributed by atoms with E-state index in [0.717, 1.165) is 0 Å². The third kappa shape index (κ3) is 2.57. The van der Waals surface area contributed by atoms with Crippen LogP contribution in [0, 0.1) is 5.92 Å². The zero-order valence-electron chi connectivity index (χ0n) is 7.87. The Morgan fingerprint density at radius 1 is 1.79 bits per heavy atom. The van der Waals surface area contributed by atoms with Gasteiger partial charge in [-0.1, -0.05) is 17.7 Å². The third-order valence-electron chi connectivity index (χ3n) is 1.94. The molecule has 0 aliphatic heterocycles. The van der Waals surface area contributed by atoms with Gasteiger partial charge in [-0.25, -0.2) is 0 Å². The first-order valence-electron chi connectivity index (χ1n) is 4.37. The van der Waals surface area contributed by atoms with Crippen molar-refractivity contribution in [3.63, 3.8) is 0 Å². The molecule has 0 aromatic carbocycles. The minimum absolute atomic E-state index is 0.253. The number of hydrogen-bond acceptors (Lipinski definition) is 4. The van der Waals surface area contributed by atoms with Crippen molar-refractivity contribution < 1.29 is 9.53 Å². The molecule has 3 N–H and O–H groups in total. The summed E-state index contributed by atoms with van der Waals surface area (Å²) >= 11 is 5.78. The Morgan fingerprint density at radius 2 is 2.50 bits per heavy atom. The Kier molecular flexibility index (Phi) is 4.13. The molecule has 78 valence electrons. The lowest BCUT2D eigenvalue weighted by molar-refractivity contribution is -0.146. The molecule has 2 atom stereocenters. The maximum atomic E-state index is 11.5. The molecule has 0 saturated heterocycles. The van der Waals surface area contributed by atoms with Crippen molar-refractivity contribution in [1.82, 2.24) is 5.43 Å². The fourth-order valence-electron chi connectivity index (χ4n) is 1.26. The summed E-state index contributed by atoms with van der Waals surface area (Å²) in [5, 5.41) is 0.523. The SMILES string of the molecule is CCOC(=O)C1C=C(Cl)C=CC1NN. The molecule has 14 heavy (non-hydrogen) atoms. The molecule has 1 rings (SSSR count). The summed E-state index contributed by atoms with van der Waals surface area (Å²) < 4.78 is 4.89. The van der Waals surface area contributed by atoms with Crippen LogP contribution in [0.4, 0.5) is 0 Å². The van der Waals surface area contributed by atoms with Crippen LogP contribution < -0.4 is 11.3 Å². The second-order valence-corrected chi connectivity index (χ2v) is 3.32. The van der Waals surface area contributed by atoms with Crippen LogP contribution in [0.1, 0.15) is 6.92 Å². The van der Waals surface area contributed by atoms with Crippen molar-refractivity contribution >= 4 is 17.6 Å². The zero-order chi connectivity index (χ0) is 10.6. The zero-order valence-corrected chi connectivity index (χ0v) is 8.62. The van der Waals surface area contributed by atoms with E-state index >= 15 is 0 Å². The minimum Gasteiger partial charge on any atom is -0.465 e. The van der Waals surface area contributed by atoms with Crippen molar-refractivity contribution in [3.8, 4) is 0 Å². The number of hydrogen-bond donors (Lipinski definition) is 2. The van der Waals surface area contributed by atoms with E-state index in [1.807, 2.05) is 0 Å². The first-order chi connectivity index (χ1) is 6.69. The molecule has 2 unspecified atom stereocenters. The Bertz CT molecular complexity index is 276. The van der Waals surface area contributed by atoms with Crippen molar-refractivity contribution in [2.45, 2.75) is 13.0 Å². The topological polar surface area (TPSA) is 64.3 Å². The number of ether oxygens (including phenoxy) is 1. The van der Waals surface area contributed by atoms with Gasteiger partial charge in [-0.15, -0.1) is 0 Å². The lowest BCUT2D eigenvalue weighted by Crippen LogP contribution is -2.43. The fourth-order valence-corrected chi connectivity index (χ4v) is 1.47. The first kappa shape index (κ1) is 11.2. The van der Waals surface area contributed by atoms with Gasteiger partial charge in [-0.2, -0.15) is 0 Å². The summed E-state index contributed by atoms with van der Waals surface area (Å²) in [6.07, 6.45) is 5.07. The van der Waals surface area contributed by atoms with E-state index in [1.54, 1.807) is 25.2 Å². The van der Waals surface area contributed by atoms with Gasteiger partial charge >= 0.3 is 5.97 Å². The van der Waals surface area contributed by atoms with E-state index in [-0.39, 0.29) is 12.0 Å². The van der Waals surface area contributed by atoms with Crippen molar-refractivity contribution in [2.75, 3.05) is 6.61 Å². The lowest BCUT2D eigenvalue weighted by Gasteiger charge is -2.22. The van der Waals surface area contributed by atoms with Gasteiger partial charge in [0.25, 0.3) is 0 Å². The van der Waals surface area contributed by atoms with Crippen molar-refractivity contribution in [1.29, 1.82) is 0 Å². The van der Waals surface area contributed by atoms with Crippen LogP contribution in [0.3, 0.4) is 0 Å². The molecule has 0 aromatic rings. The molecule has 5 heteroatoms. The number of nitrogens with two attached hydrogens (primary N) is 1. The summed E-state index contributed by atoms with van der Waals surface area (Å²) in [5.41, 5.74) is 2.52. The molecule has 0 aromatic heterocycles. The number of carbonyl (C=O) groups excluding carboxylic acids is 1. The van der Waals surface area contributed by atoms with Crippen molar-refractivity contribution in [3.05, 3.63) is 23.3 Å². The van der Waals surface area contributed by atoms with Gasteiger partial charge in [0, 0.05) is 5.03 Å². The smallest absolute Gasteiger partial charge is 0.314 e. The van der Waals surface area contributed by atoms with Crippen LogP contribution in [0.15, 0.2) is 23.3 Å². The number of esters is 1. The quantitative estimate of drug-likeness (QED) is 0.414. The highest BCUT2D eigenvalue weighted by Gasteiger charge is 2.27. The lowest BCUT2D eigenvalue weighted by atomic mass is 9.96. The Labute approximate surface area is 87.7 Å². The third-order valence-corrected chi connectivity index (χ3v) is 2.19. The van der Waals surface area contributed by atoms with Crippen LogP contribution in [0.2, 0.25) is 0 Å². The normalized spacial score (nSPS) is 25.8. The largest absolute Gasteiger partial charge is 0.465 e. The van der Waals surface area contributed by atoms with Gasteiger partial charge in [0.1, 0.15) is 0 Å². The summed E-state index contributed by atoms with van der Waals surface area (Å²) in [5.74, 6) is 4.52. The maximum Gasteiger partial charge on any atom is 0.314 e. The number of rotatable bonds is 3. The molecule has 0 saturated carbocycles. The molecule has 0 amide bonds. The van der Waals surface area contributed by atoms with Crippen LogP contribution >= 0.6 is 11.6 Å². The van der Waals surface area contributed by atoms with Crippen LogP contribution in [0.25, 0.3) is 0 Å². The van der Waals surface area contributed by atoms with E-state index < -0.39 is 5.92 Å². The van der Waals surface area contributed by atoms with Gasteiger partial charge in [0.05, 0.1) is 18.6 Å². The molecule has 0 radical (unpaired) electrons. The average molecular weight is 217 g/mol. The highest BCUT2D eigenvalue weighted by Crippen LogP contribution is 2.20.